The maximum absolute atomic E-state index is 15.2. The molecule has 0 fully saturated rings. The van der Waals surface area contributed by atoms with Crippen LogP contribution in [0.5, 0.6) is 23.0 Å². The summed E-state index contributed by atoms with van der Waals surface area (Å²) in [6.07, 6.45) is 3.21. The number of nitrogens with zero attached hydrogens (tertiary/aromatic N) is 3. The van der Waals surface area contributed by atoms with Gasteiger partial charge in [-0.3, -0.25) is 19.1 Å². The number of anilines is 1. The van der Waals surface area contributed by atoms with E-state index in [0.717, 1.165) is 29.0 Å². The quantitative estimate of drug-likeness (QED) is 0.249. The van der Waals surface area contributed by atoms with Gasteiger partial charge in [0, 0.05) is 42.1 Å². The Morgan fingerprint density at radius 2 is 1.63 bits per heavy atom. The lowest BCUT2D eigenvalue weighted by molar-refractivity contribution is 0.102. The van der Waals surface area contributed by atoms with Crippen LogP contribution in [0.3, 0.4) is 0 Å². The molecule has 2 aromatic heterocycles. The Morgan fingerprint density at radius 3 is 2.30 bits per heavy atom. The first-order valence-electron chi connectivity index (χ1n) is 13.2. The van der Waals surface area contributed by atoms with Gasteiger partial charge >= 0.3 is 5.69 Å². The van der Waals surface area contributed by atoms with E-state index in [1.165, 1.54) is 49.2 Å². The van der Waals surface area contributed by atoms with Crippen molar-refractivity contribution < 1.29 is 27.8 Å². The van der Waals surface area contributed by atoms with E-state index in [4.69, 9.17) is 14.2 Å². The highest BCUT2D eigenvalue weighted by Crippen LogP contribution is 2.37. The summed E-state index contributed by atoms with van der Waals surface area (Å²) < 4.78 is 47.2. The normalized spacial score (nSPS) is 10.9. The van der Waals surface area contributed by atoms with Gasteiger partial charge in [-0.2, -0.15) is 0 Å². The molecule has 43 heavy (non-hydrogen) atoms. The maximum Gasteiger partial charge on any atom is 0.335 e. The number of aromatic nitrogens is 3. The highest BCUT2D eigenvalue weighted by atomic mass is 19.1. The SMILES string of the molecule is CCCn1cc(C(=O)Nc2ccc(Oc3ccnc4cc(OC)c(OC)cc34)c(F)c2)c(=O)n(-c2ccc(F)cc2)c1=O. The molecule has 1 amide bonds. The fraction of sp³-hybridized carbons (Fsp3) is 0.161. The molecular formula is C31H26F2N4O6. The summed E-state index contributed by atoms with van der Waals surface area (Å²) in [6.45, 7) is 2.05. The molecule has 0 aliphatic heterocycles. The standard InChI is InChI=1S/C31H26F2N4O6/c1-4-13-36-17-22(30(39)37(31(36)40)20-8-5-18(32)6-9-20)29(38)35-19-7-10-26(23(33)14-19)43-25-11-12-34-24-16-28(42-3)27(41-2)15-21(24)25/h5-12,14-17H,4,13H2,1-3H3,(H,35,38). The number of amides is 1. The molecule has 0 saturated heterocycles. The fourth-order valence-electron chi connectivity index (χ4n) is 4.49. The van der Waals surface area contributed by atoms with E-state index in [1.807, 2.05) is 6.92 Å². The molecule has 3 aromatic carbocycles. The molecule has 0 aliphatic rings. The van der Waals surface area contributed by atoms with Crippen molar-refractivity contribution >= 4 is 22.5 Å². The van der Waals surface area contributed by atoms with Crippen LogP contribution >= 0.6 is 0 Å². The number of ether oxygens (including phenoxy) is 3. The first kappa shape index (κ1) is 29.0. The smallest absolute Gasteiger partial charge is 0.335 e. The molecule has 0 atom stereocenters. The topological polar surface area (TPSA) is 114 Å². The molecule has 0 bridgehead atoms. The lowest BCUT2D eigenvalue weighted by Gasteiger charge is -2.14. The van der Waals surface area contributed by atoms with Gasteiger partial charge in [-0.05, 0) is 55.0 Å². The number of hydrogen-bond acceptors (Lipinski definition) is 7. The molecule has 12 heteroatoms. The van der Waals surface area contributed by atoms with E-state index in [0.29, 0.717) is 34.6 Å². The van der Waals surface area contributed by atoms with Gasteiger partial charge in [0.05, 0.1) is 25.4 Å². The minimum atomic E-state index is -0.904. The van der Waals surface area contributed by atoms with Gasteiger partial charge in [-0.15, -0.1) is 0 Å². The number of nitrogens with one attached hydrogen (secondary N) is 1. The van der Waals surface area contributed by atoms with Crippen LogP contribution in [0.2, 0.25) is 0 Å². The molecule has 5 rings (SSSR count). The molecule has 0 spiro atoms. The van der Waals surface area contributed by atoms with Crippen molar-refractivity contribution in [1.82, 2.24) is 14.1 Å². The Balaban J connectivity index is 1.44. The zero-order valence-electron chi connectivity index (χ0n) is 23.4. The number of aryl methyl sites for hydroxylation is 1. The summed E-state index contributed by atoms with van der Waals surface area (Å²) in [6, 6.07) is 13.4. The number of fused-ring (bicyclic) bond motifs is 1. The van der Waals surface area contributed by atoms with Crippen LogP contribution in [-0.2, 0) is 6.54 Å². The lowest BCUT2D eigenvalue weighted by Crippen LogP contribution is -2.42. The number of halogens is 2. The highest BCUT2D eigenvalue weighted by Gasteiger charge is 2.20. The second-order valence-electron chi connectivity index (χ2n) is 9.37. The molecule has 0 radical (unpaired) electrons. The molecule has 0 aliphatic carbocycles. The second kappa shape index (κ2) is 12.1. The minimum Gasteiger partial charge on any atom is -0.493 e. The van der Waals surface area contributed by atoms with Crippen molar-refractivity contribution in [1.29, 1.82) is 0 Å². The van der Waals surface area contributed by atoms with Crippen molar-refractivity contribution in [2.75, 3.05) is 19.5 Å². The number of benzene rings is 3. The van der Waals surface area contributed by atoms with Crippen LogP contribution in [0.25, 0.3) is 16.6 Å². The summed E-state index contributed by atoms with van der Waals surface area (Å²) in [5, 5.41) is 3.05. The van der Waals surface area contributed by atoms with Crippen LogP contribution < -0.4 is 30.8 Å². The lowest BCUT2D eigenvalue weighted by atomic mass is 10.1. The summed E-state index contributed by atoms with van der Waals surface area (Å²) >= 11 is 0. The molecule has 220 valence electrons. The largest absolute Gasteiger partial charge is 0.493 e. The monoisotopic (exact) mass is 588 g/mol. The molecule has 0 unspecified atom stereocenters. The van der Waals surface area contributed by atoms with Crippen molar-refractivity contribution in [2.45, 2.75) is 19.9 Å². The predicted octanol–water partition coefficient (Wildman–Crippen LogP) is 5.30. The zero-order valence-corrected chi connectivity index (χ0v) is 23.4. The second-order valence-corrected chi connectivity index (χ2v) is 9.37. The van der Waals surface area contributed by atoms with Gasteiger partial charge in [0.1, 0.15) is 17.1 Å². The Labute approximate surface area is 243 Å². The fourth-order valence-corrected chi connectivity index (χ4v) is 4.49. The number of hydrogen-bond donors (Lipinski definition) is 1. The molecule has 2 heterocycles. The number of rotatable bonds is 9. The van der Waals surface area contributed by atoms with Crippen LogP contribution in [0.4, 0.5) is 14.5 Å². The van der Waals surface area contributed by atoms with E-state index in [9.17, 15) is 18.8 Å². The van der Waals surface area contributed by atoms with E-state index in [2.05, 4.69) is 10.3 Å². The molecule has 0 saturated carbocycles. The Bertz CT molecular complexity index is 1950. The van der Waals surface area contributed by atoms with Crippen LogP contribution in [0, 0.1) is 11.6 Å². The average Bonchev–Trinajstić information content (AvgIpc) is 3.00. The van der Waals surface area contributed by atoms with E-state index < -0.39 is 28.8 Å². The zero-order chi connectivity index (χ0) is 30.7. The van der Waals surface area contributed by atoms with Gasteiger partial charge in [0.15, 0.2) is 23.1 Å². The Kier molecular flexibility index (Phi) is 8.19. The van der Waals surface area contributed by atoms with Crippen molar-refractivity contribution in [3.05, 3.63) is 111 Å². The van der Waals surface area contributed by atoms with E-state index in [1.54, 1.807) is 18.2 Å². The summed E-state index contributed by atoms with van der Waals surface area (Å²) in [5.41, 5.74) is -1.26. The van der Waals surface area contributed by atoms with Gasteiger partial charge in [0.25, 0.3) is 11.5 Å². The van der Waals surface area contributed by atoms with Gasteiger partial charge in [-0.1, -0.05) is 6.92 Å². The number of carbonyl (C=O) groups excluding carboxylic acids is 1. The summed E-state index contributed by atoms with van der Waals surface area (Å²) in [7, 11) is 2.99. The van der Waals surface area contributed by atoms with E-state index >= 15 is 4.39 Å². The number of carbonyl (C=O) groups is 1. The first-order valence-corrected chi connectivity index (χ1v) is 13.2. The van der Waals surface area contributed by atoms with Crippen LogP contribution in [0.15, 0.2) is 82.6 Å². The first-order chi connectivity index (χ1) is 20.7. The van der Waals surface area contributed by atoms with Crippen molar-refractivity contribution in [2.24, 2.45) is 0 Å². The molecular weight excluding hydrogens is 562 g/mol. The summed E-state index contributed by atoms with van der Waals surface area (Å²) in [5.74, 6) is -1.11. The molecule has 5 aromatic rings. The van der Waals surface area contributed by atoms with Crippen molar-refractivity contribution in [3.8, 4) is 28.7 Å². The predicted molar refractivity (Wildman–Crippen MR) is 156 cm³/mol. The third-order valence-corrected chi connectivity index (χ3v) is 6.57. The van der Waals surface area contributed by atoms with Crippen molar-refractivity contribution in [3.63, 3.8) is 0 Å². The van der Waals surface area contributed by atoms with Crippen LogP contribution in [0.1, 0.15) is 23.7 Å². The Hall–Kier alpha value is -5.52. The maximum atomic E-state index is 15.2. The Morgan fingerprint density at radius 1 is 0.907 bits per heavy atom. The van der Waals surface area contributed by atoms with E-state index in [-0.39, 0.29) is 29.2 Å². The molecule has 10 nitrogen and oxygen atoms in total. The third kappa shape index (κ3) is 5.80. The highest BCUT2D eigenvalue weighted by molar-refractivity contribution is 6.04. The average molecular weight is 589 g/mol. The van der Waals surface area contributed by atoms with Gasteiger partial charge in [-0.25, -0.2) is 18.1 Å². The minimum absolute atomic E-state index is 0.0433. The number of methoxy groups -OCH3 is 2. The van der Waals surface area contributed by atoms with Crippen LogP contribution in [-0.4, -0.2) is 34.2 Å². The molecule has 1 N–H and O–H groups in total. The van der Waals surface area contributed by atoms with Gasteiger partial charge < -0.3 is 19.5 Å². The number of pyridine rings is 1. The van der Waals surface area contributed by atoms with Gasteiger partial charge in [0.2, 0.25) is 0 Å². The summed E-state index contributed by atoms with van der Waals surface area (Å²) in [4.78, 5) is 43.8. The third-order valence-electron chi connectivity index (χ3n) is 6.57.